The van der Waals surface area contributed by atoms with Crippen molar-refractivity contribution in [1.29, 1.82) is 0 Å². The Balaban J connectivity index is 1.47. The van der Waals surface area contributed by atoms with Crippen LogP contribution in [0.15, 0.2) is 30.3 Å². The predicted molar refractivity (Wildman–Crippen MR) is 121 cm³/mol. The number of rotatable bonds is 3. The van der Waals surface area contributed by atoms with Crippen LogP contribution in [0.25, 0.3) is 0 Å². The van der Waals surface area contributed by atoms with Gasteiger partial charge in [-0.25, -0.2) is 9.59 Å². The number of carbonyl (C=O) groups excluding carboxylic acids is 3. The van der Waals surface area contributed by atoms with Gasteiger partial charge in [0.25, 0.3) is 0 Å². The van der Waals surface area contributed by atoms with Crippen LogP contribution in [0, 0.1) is 28.1 Å². The van der Waals surface area contributed by atoms with Gasteiger partial charge < -0.3 is 33.9 Å². The van der Waals surface area contributed by atoms with Crippen molar-refractivity contribution in [3.63, 3.8) is 0 Å². The molecule has 4 aliphatic heterocycles. The monoisotopic (exact) mass is 514 g/mol. The van der Waals surface area contributed by atoms with Crippen molar-refractivity contribution < 1.29 is 48.3 Å². The van der Waals surface area contributed by atoms with Gasteiger partial charge in [-0.3, -0.25) is 4.79 Å². The van der Waals surface area contributed by atoms with Gasteiger partial charge in [0.15, 0.2) is 17.8 Å². The fraction of sp³-hybridized carbons (Fsp3) is 0.667. The minimum Gasteiger partial charge on any atom is -0.459 e. The van der Waals surface area contributed by atoms with E-state index < -0.39 is 82.0 Å². The average molecular weight is 515 g/mol. The highest BCUT2D eigenvalue weighted by molar-refractivity contribution is 5.94. The molecule has 6 fully saturated rings. The zero-order valence-electron chi connectivity index (χ0n) is 21.0. The van der Waals surface area contributed by atoms with E-state index in [2.05, 4.69) is 0 Å². The fourth-order valence-corrected chi connectivity index (χ4v) is 9.05. The van der Waals surface area contributed by atoms with Crippen LogP contribution in [0.1, 0.15) is 39.7 Å². The van der Waals surface area contributed by atoms with Gasteiger partial charge in [-0.15, -0.1) is 0 Å². The molecule has 7 unspecified atom stereocenters. The van der Waals surface area contributed by atoms with E-state index in [-0.39, 0.29) is 12.5 Å². The first-order chi connectivity index (χ1) is 17.4. The molecule has 10 heteroatoms. The van der Waals surface area contributed by atoms with Crippen molar-refractivity contribution in [2.45, 2.75) is 82.6 Å². The molecule has 7 rings (SSSR count). The molecule has 4 saturated heterocycles. The summed E-state index contributed by atoms with van der Waals surface area (Å²) in [6.07, 6.45) is -6.16. The fourth-order valence-electron chi connectivity index (χ4n) is 9.05. The molecule has 0 amide bonds. The normalized spacial score (nSPS) is 50.9. The maximum atomic E-state index is 13.8. The summed E-state index contributed by atoms with van der Waals surface area (Å²) >= 11 is 0. The first-order valence-electron chi connectivity index (χ1n) is 12.8. The Labute approximate surface area is 213 Å². The molecule has 0 aromatic heterocycles. The first kappa shape index (κ1) is 23.6. The van der Waals surface area contributed by atoms with Gasteiger partial charge in [-0.05, 0) is 30.2 Å². The number of aliphatic hydroxyl groups is 2. The highest BCUT2D eigenvalue weighted by atomic mass is 16.8. The summed E-state index contributed by atoms with van der Waals surface area (Å²) < 4.78 is 29.9. The standard InChI is InChI=1S/C27H30O10/c1-12-19(29)35-17-16(28)25-15-10-14(23(2,3)4)24(25)18(33-11-13-8-6-5-7-9-13)20(30)36-22(24)37-27(25,21(31)34-15)26(12,17)32/h5-9,12,14-18,22,28,32H,10-11H2,1-4H3/t12-,14?,15?,16+,17?,18+,22?,24?,25?,26-,27?/m1/s1. The summed E-state index contributed by atoms with van der Waals surface area (Å²) in [4.78, 5) is 39.9. The minimum absolute atomic E-state index is 0.0731. The maximum absolute atomic E-state index is 13.8. The van der Waals surface area contributed by atoms with Crippen molar-refractivity contribution in [3.05, 3.63) is 35.9 Å². The third-order valence-corrected chi connectivity index (χ3v) is 10.2. The average Bonchev–Trinajstić information content (AvgIpc) is 3.55. The van der Waals surface area contributed by atoms with E-state index in [1.165, 1.54) is 6.92 Å². The summed E-state index contributed by atoms with van der Waals surface area (Å²) in [6.45, 7) is 7.52. The van der Waals surface area contributed by atoms with Gasteiger partial charge in [0.1, 0.15) is 12.2 Å². The number of hydrogen-bond donors (Lipinski definition) is 2. The third kappa shape index (κ3) is 2.14. The molecule has 10 nitrogen and oxygen atoms in total. The Kier molecular flexibility index (Phi) is 4.28. The van der Waals surface area contributed by atoms with E-state index in [4.69, 9.17) is 23.7 Å². The Bertz CT molecular complexity index is 1230. The lowest BCUT2D eigenvalue weighted by Crippen LogP contribution is -2.67. The van der Waals surface area contributed by atoms with Crippen LogP contribution in [-0.4, -0.2) is 70.0 Å². The number of esters is 3. The lowest BCUT2D eigenvalue weighted by molar-refractivity contribution is -0.240. The van der Waals surface area contributed by atoms with Crippen LogP contribution in [0.2, 0.25) is 0 Å². The number of carbonyl (C=O) groups is 3. The topological polar surface area (TPSA) is 138 Å². The molecule has 6 aliphatic rings. The number of fused-ring (bicyclic) bond motifs is 1. The van der Waals surface area contributed by atoms with Crippen molar-refractivity contribution in [1.82, 2.24) is 0 Å². The van der Waals surface area contributed by atoms with E-state index in [0.29, 0.717) is 6.42 Å². The molecule has 37 heavy (non-hydrogen) atoms. The second-order valence-corrected chi connectivity index (χ2v) is 12.4. The zero-order chi connectivity index (χ0) is 26.3. The quantitative estimate of drug-likeness (QED) is 0.441. The minimum atomic E-state index is -2.23. The summed E-state index contributed by atoms with van der Waals surface area (Å²) in [5.74, 6) is -3.88. The van der Waals surface area contributed by atoms with Crippen molar-refractivity contribution in [3.8, 4) is 0 Å². The largest absolute Gasteiger partial charge is 0.459 e. The van der Waals surface area contributed by atoms with Crippen LogP contribution in [0.5, 0.6) is 0 Å². The molecule has 198 valence electrons. The van der Waals surface area contributed by atoms with Crippen LogP contribution < -0.4 is 0 Å². The summed E-state index contributed by atoms with van der Waals surface area (Å²) in [7, 11) is 0. The van der Waals surface area contributed by atoms with E-state index in [0.717, 1.165) is 5.56 Å². The maximum Gasteiger partial charge on any atom is 0.343 e. The van der Waals surface area contributed by atoms with Crippen LogP contribution in [0.4, 0.5) is 0 Å². The molecule has 2 spiro atoms. The second kappa shape index (κ2) is 6.72. The summed E-state index contributed by atoms with van der Waals surface area (Å²) in [5, 5.41) is 24.3. The molecule has 11 atom stereocenters. The lowest BCUT2D eigenvalue weighted by atomic mass is 9.51. The Hall–Kier alpha value is -2.53. The van der Waals surface area contributed by atoms with E-state index in [1.807, 2.05) is 51.1 Å². The molecular weight excluding hydrogens is 484 g/mol. The predicted octanol–water partition coefficient (Wildman–Crippen LogP) is 0.855. The molecule has 1 aromatic rings. The van der Waals surface area contributed by atoms with Gasteiger partial charge in [-0.2, -0.15) is 0 Å². The van der Waals surface area contributed by atoms with E-state index in [9.17, 15) is 24.6 Å². The Morgan fingerprint density at radius 3 is 2.43 bits per heavy atom. The van der Waals surface area contributed by atoms with Gasteiger partial charge >= 0.3 is 17.9 Å². The zero-order valence-corrected chi connectivity index (χ0v) is 21.0. The number of ether oxygens (including phenoxy) is 5. The Morgan fingerprint density at radius 2 is 1.76 bits per heavy atom. The number of benzene rings is 1. The molecule has 0 bridgehead atoms. The van der Waals surface area contributed by atoms with Crippen molar-refractivity contribution in [2.75, 3.05) is 0 Å². The van der Waals surface area contributed by atoms with Crippen LogP contribution in [0.3, 0.4) is 0 Å². The smallest absolute Gasteiger partial charge is 0.343 e. The molecule has 0 radical (unpaired) electrons. The van der Waals surface area contributed by atoms with Crippen molar-refractivity contribution in [2.24, 2.45) is 28.1 Å². The van der Waals surface area contributed by atoms with Gasteiger partial charge in [0.05, 0.1) is 23.4 Å². The van der Waals surface area contributed by atoms with Crippen LogP contribution in [-0.2, 0) is 44.7 Å². The highest BCUT2D eigenvalue weighted by Crippen LogP contribution is 2.84. The lowest BCUT2D eigenvalue weighted by Gasteiger charge is -2.48. The summed E-state index contributed by atoms with van der Waals surface area (Å²) in [6, 6.07) is 9.31. The summed E-state index contributed by atoms with van der Waals surface area (Å²) in [5.41, 5.74) is -7.12. The molecule has 1 aromatic carbocycles. The van der Waals surface area contributed by atoms with Crippen molar-refractivity contribution >= 4 is 17.9 Å². The molecule has 2 N–H and O–H groups in total. The van der Waals surface area contributed by atoms with E-state index >= 15 is 0 Å². The van der Waals surface area contributed by atoms with Gasteiger partial charge in [0, 0.05) is 0 Å². The molecule has 4 heterocycles. The number of hydrogen-bond acceptors (Lipinski definition) is 10. The van der Waals surface area contributed by atoms with E-state index in [1.54, 1.807) is 0 Å². The van der Waals surface area contributed by atoms with Crippen LogP contribution >= 0.6 is 0 Å². The molecular formula is C27H30O10. The highest BCUT2D eigenvalue weighted by Gasteiger charge is 3.04. The third-order valence-electron chi connectivity index (χ3n) is 10.2. The van der Waals surface area contributed by atoms with Gasteiger partial charge in [0.2, 0.25) is 11.9 Å². The SMILES string of the molecule is C[C@@H]1C(=O)OC2[C@H](O)C34C5CC(C(C)(C)C)C36C(OC(=O)[C@@H]6OCc3ccccc3)OC4(C(=O)O5)[C@]21O. The first-order valence-corrected chi connectivity index (χ1v) is 12.8. The second-order valence-electron chi connectivity index (χ2n) is 12.4. The Morgan fingerprint density at radius 1 is 1.05 bits per heavy atom. The molecule has 2 aliphatic carbocycles. The number of aliphatic hydroxyl groups excluding tert-OH is 1. The molecule has 2 saturated carbocycles. The van der Waals surface area contributed by atoms with Gasteiger partial charge in [-0.1, -0.05) is 51.1 Å².